The van der Waals surface area contributed by atoms with E-state index in [-0.39, 0.29) is 23.3 Å². The minimum atomic E-state index is -0.672. The summed E-state index contributed by atoms with van der Waals surface area (Å²) in [4.78, 5) is 44.7. The fraction of sp³-hybridized carbons (Fsp3) is 0.500. The molecule has 2 fully saturated rings. The van der Waals surface area contributed by atoms with Gasteiger partial charge in [-0.25, -0.2) is 4.79 Å². The number of carbonyl (C=O) groups excluding carboxylic acids is 3. The number of piperazine rings is 1. The Morgan fingerprint density at radius 2 is 1.64 bits per heavy atom. The quantitative estimate of drug-likeness (QED) is 0.392. The summed E-state index contributed by atoms with van der Waals surface area (Å²) in [6.45, 7) is 12.4. The molecule has 0 aliphatic carbocycles. The highest BCUT2D eigenvalue weighted by Crippen LogP contribution is 2.39. The van der Waals surface area contributed by atoms with Crippen molar-refractivity contribution in [2.45, 2.75) is 58.5 Å². The van der Waals surface area contributed by atoms with Crippen LogP contribution in [0.5, 0.6) is 11.6 Å². The summed E-state index contributed by atoms with van der Waals surface area (Å²) in [6.07, 6.45) is 1.36. The Bertz CT molecular complexity index is 1580. The molecule has 0 radical (unpaired) electrons. The number of likely N-dealkylation sites (tertiary alicyclic amines) is 1. The van der Waals surface area contributed by atoms with Gasteiger partial charge in [-0.1, -0.05) is 39.0 Å². The number of amides is 3. The number of fused-ring (bicyclic) bond motifs is 1. The van der Waals surface area contributed by atoms with E-state index in [9.17, 15) is 14.4 Å². The molecule has 3 aromatic rings. The molecule has 11 nitrogen and oxygen atoms in total. The summed E-state index contributed by atoms with van der Waals surface area (Å²) >= 11 is 0. The van der Waals surface area contributed by atoms with Gasteiger partial charge in [0.15, 0.2) is 5.75 Å². The SMILES string of the molecule is COc1c(NC(C)=O)cc(C(C)(C)C)cc1NC(=O)Oc1cc2cccc(CN3CCN(C(=O)[C@@H]4CCCN4C)CC3)c2n1C. The van der Waals surface area contributed by atoms with Crippen molar-refractivity contribution in [2.75, 3.05) is 57.5 Å². The summed E-state index contributed by atoms with van der Waals surface area (Å²) in [5, 5.41) is 6.60. The van der Waals surface area contributed by atoms with Gasteiger partial charge in [0, 0.05) is 58.1 Å². The lowest BCUT2D eigenvalue weighted by Crippen LogP contribution is -2.52. The molecule has 45 heavy (non-hydrogen) atoms. The second kappa shape index (κ2) is 13.1. The highest BCUT2D eigenvalue weighted by Gasteiger charge is 2.33. The molecule has 242 valence electrons. The summed E-state index contributed by atoms with van der Waals surface area (Å²) in [5.41, 5.74) is 3.65. The van der Waals surface area contributed by atoms with E-state index in [1.807, 2.05) is 53.9 Å². The normalized spacial score (nSPS) is 17.8. The van der Waals surface area contributed by atoms with Crippen molar-refractivity contribution in [3.63, 3.8) is 0 Å². The predicted octanol–water partition coefficient (Wildman–Crippen LogP) is 4.79. The lowest BCUT2D eigenvalue weighted by molar-refractivity contribution is -0.137. The van der Waals surface area contributed by atoms with Crippen LogP contribution in [0.25, 0.3) is 10.9 Å². The van der Waals surface area contributed by atoms with E-state index in [0.29, 0.717) is 23.0 Å². The number of methoxy groups -OCH3 is 1. The summed E-state index contributed by atoms with van der Waals surface area (Å²) in [5.74, 6) is 0.755. The number of anilines is 2. The van der Waals surface area contributed by atoms with Crippen LogP contribution < -0.4 is 20.1 Å². The zero-order chi connectivity index (χ0) is 32.5. The maximum Gasteiger partial charge on any atom is 0.418 e. The molecule has 3 amide bonds. The first-order valence-corrected chi connectivity index (χ1v) is 15.6. The number of hydrogen-bond donors (Lipinski definition) is 2. The van der Waals surface area contributed by atoms with E-state index in [1.165, 1.54) is 14.0 Å². The Morgan fingerprint density at radius 3 is 2.24 bits per heavy atom. The molecule has 2 saturated heterocycles. The number of aromatic nitrogens is 1. The van der Waals surface area contributed by atoms with Crippen LogP contribution in [0.3, 0.4) is 0 Å². The first kappa shape index (κ1) is 32.3. The van der Waals surface area contributed by atoms with Gasteiger partial charge in [0.1, 0.15) is 0 Å². The van der Waals surface area contributed by atoms with Crippen molar-refractivity contribution in [3.05, 3.63) is 47.5 Å². The Hall–Kier alpha value is -4.09. The predicted molar refractivity (Wildman–Crippen MR) is 176 cm³/mol. The summed E-state index contributed by atoms with van der Waals surface area (Å²) in [6, 6.07) is 11.7. The van der Waals surface area contributed by atoms with Gasteiger partial charge in [-0.05, 0) is 55.1 Å². The van der Waals surface area contributed by atoms with E-state index in [2.05, 4.69) is 47.3 Å². The number of nitrogens with one attached hydrogen (secondary N) is 2. The summed E-state index contributed by atoms with van der Waals surface area (Å²) < 4.78 is 13.3. The average molecular weight is 619 g/mol. The number of rotatable bonds is 7. The summed E-state index contributed by atoms with van der Waals surface area (Å²) in [7, 11) is 5.42. The molecule has 11 heteroatoms. The molecule has 0 spiro atoms. The number of nitrogens with zero attached hydrogens (tertiary/aromatic N) is 4. The Kier molecular flexibility index (Phi) is 9.41. The van der Waals surface area contributed by atoms with Crippen molar-refractivity contribution in [3.8, 4) is 11.6 Å². The highest BCUT2D eigenvalue weighted by molar-refractivity contribution is 5.96. The molecule has 2 aromatic carbocycles. The van der Waals surface area contributed by atoms with Crippen LogP contribution in [0.4, 0.5) is 16.2 Å². The van der Waals surface area contributed by atoms with Crippen LogP contribution in [0.1, 0.15) is 51.7 Å². The Labute approximate surface area is 265 Å². The van der Waals surface area contributed by atoms with E-state index < -0.39 is 6.09 Å². The van der Waals surface area contributed by atoms with E-state index in [4.69, 9.17) is 9.47 Å². The van der Waals surface area contributed by atoms with Crippen LogP contribution in [0.2, 0.25) is 0 Å². The topological polar surface area (TPSA) is 108 Å². The number of carbonyl (C=O) groups is 3. The van der Waals surface area contributed by atoms with Gasteiger partial charge in [0.25, 0.3) is 0 Å². The minimum absolute atomic E-state index is 0.0204. The number of aryl methyl sites for hydroxylation is 1. The van der Waals surface area contributed by atoms with Gasteiger partial charge in [0.2, 0.25) is 17.7 Å². The van der Waals surface area contributed by atoms with Crippen molar-refractivity contribution < 1.29 is 23.9 Å². The van der Waals surface area contributed by atoms with Gasteiger partial charge in [-0.3, -0.25) is 24.7 Å². The van der Waals surface area contributed by atoms with Gasteiger partial charge < -0.3 is 24.3 Å². The largest absolute Gasteiger partial charge is 0.492 e. The van der Waals surface area contributed by atoms with Gasteiger partial charge >= 0.3 is 6.09 Å². The molecule has 1 atom stereocenters. The fourth-order valence-electron chi connectivity index (χ4n) is 6.39. The third-order valence-electron chi connectivity index (χ3n) is 8.88. The maximum absolute atomic E-state index is 13.2. The Balaban J connectivity index is 1.30. The van der Waals surface area contributed by atoms with Gasteiger partial charge in [-0.15, -0.1) is 0 Å². The first-order valence-electron chi connectivity index (χ1n) is 15.6. The van der Waals surface area contributed by atoms with Gasteiger partial charge in [0.05, 0.1) is 30.0 Å². The number of hydrogen-bond acceptors (Lipinski definition) is 7. The molecular weight excluding hydrogens is 572 g/mol. The zero-order valence-electron chi connectivity index (χ0n) is 27.5. The second-order valence-corrected chi connectivity index (χ2v) is 13.2. The lowest BCUT2D eigenvalue weighted by Gasteiger charge is -2.37. The van der Waals surface area contributed by atoms with Gasteiger partial charge in [-0.2, -0.15) is 0 Å². The number of likely N-dealkylation sites (N-methyl/N-ethyl adjacent to an activating group) is 1. The molecule has 2 aliphatic rings. The average Bonchev–Trinajstić information content (AvgIpc) is 3.55. The van der Waals surface area contributed by atoms with Crippen LogP contribution in [0, 0.1) is 0 Å². The number of para-hydroxylation sites is 1. The zero-order valence-corrected chi connectivity index (χ0v) is 27.5. The minimum Gasteiger partial charge on any atom is -0.492 e. The second-order valence-electron chi connectivity index (χ2n) is 13.2. The number of benzene rings is 2. The fourth-order valence-corrected chi connectivity index (χ4v) is 6.39. The third-order valence-corrected chi connectivity index (χ3v) is 8.88. The molecule has 0 unspecified atom stereocenters. The molecule has 1 aromatic heterocycles. The first-order chi connectivity index (χ1) is 21.3. The highest BCUT2D eigenvalue weighted by atomic mass is 16.6. The maximum atomic E-state index is 13.2. The lowest BCUT2D eigenvalue weighted by atomic mass is 9.86. The van der Waals surface area contributed by atoms with E-state index in [0.717, 1.165) is 74.1 Å². The molecule has 2 aliphatic heterocycles. The van der Waals surface area contributed by atoms with E-state index in [1.54, 1.807) is 0 Å². The molecule has 5 rings (SSSR count). The van der Waals surface area contributed by atoms with Crippen molar-refractivity contribution in [2.24, 2.45) is 7.05 Å². The molecule has 0 saturated carbocycles. The smallest absolute Gasteiger partial charge is 0.418 e. The molecular formula is C34H46N6O5. The third kappa shape index (κ3) is 7.10. The molecule has 3 heterocycles. The van der Waals surface area contributed by atoms with Crippen molar-refractivity contribution in [1.29, 1.82) is 0 Å². The van der Waals surface area contributed by atoms with E-state index >= 15 is 0 Å². The Morgan fingerprint density at radius 1 is 0.956 bits per heavy atom. The van der Waals surface area contributed by atoms with Crippen molar-refractivity contribution >= 4 is 40.2 Å². The van der Waals surface area contributed by atoms with Crippen LogP contribution in [0.15, 0.2) is 36.4 Å². The van der Waals surface area contributed by atoms with Crippen molar-refractivity contribution in [1.82, 2.24) is 19.3 Å². The van der Waals surface area contributed by atoms with Crippen LogP contribution in [-0.2, 0) is 28.6 Å². The molecule has 0 bridgehead atoms. The standard InChI is InChI=1S/C34H46N6O5/c1-22(41)35-26-19-25(34(2,3)4)20-27(31(26)44-7)36-33(43)45-29-18-23-10-8-11-24(30(23)38(29)6)21-39-14-16-40(17-15-39)32(42)28-12-9-13-37(28)5/h8,10-11,18-20,28H,9,12-17,21H2,1-7H3,(H,35,41)(H,36,43)/t28-/m0/s1. The monoisotopic (exact) mass is 618 g/mol. The van der Waals surface area contributed by atoms with Crippen LogP contribution in [-0.4, -0.2) is 90.1 Å². The molecule has 2 N–H and O–H groups in total. The van der Waals surface area contributed by atoms with Crippen LogP contribution >= 0.6 is 0 Å². The number of ether oxygens (including phenoxy) is 2.